The molecular weight excluding hydrogens is 282 g/mol. The zero-order valence-electron chi connectivity index (χ0n) is 12.0. The summed E-state index contributed by atoms with van der Waals surface area (Å²) in [6.45, 7) is 2.14. The van der Waals surface area contributed by atoms with Crippen LogP contribution in [0.2, 0.25) is 5.02 Å². The predicted octanol–water partition coefficient (Wildman–Crippen LogP) is 4.62. The van der Waals surface area contributed by atoms with Crippen molar-refractivity contribution in [2.45, 2.75) is 25.3 Å². The maximum Gasteiger partial charge on any atom is 0.120 e. The van der Waals surface area contributed by atoms with Crippen molar-refractivity contribution >= 4 is 11.6 Å². The quantitative estimate of drug-likeness (QED) is 0.894. The number of para-hydroxylation sites is 1. The summed E-state index contributed by atoms with van der Waals surface area (Å²) < 4.78 is 0. The smallest absolute Gasteiger partial charge is 0.120 e. The van der Waals surface area contributed by atoms with Gasteiger partial charge in [0.25, 0.3) is 0 Å². The molecule has 3 rings (SSSR count). The van der Waals surface area contributed by atoms with Gasteiger partial charge in [-0.05, 0) is 49.7 Å². The maximum atomic E-state index is 10.3. The maximum absolute atomic E-state index is 10.3. The molecule has 0 amide bonds. The van der Waals surface area contributed by atoms with E-state index in [2.05, 4.69) is 17.0 Å². The van der Waals surface area contributed by atoms with E-state index in [4.69, 9.17) is 11.6 Å². The van der Waals surface area contributed by atoms with Crippen molar-refractivity contribution in [2.75, 3.05) is 13.1 Å². The van der Waals surface area contributed by atoms with E-state index in [9.17, 15) is 5.11 Å². The molecule has 2 nitrogen and oxygen atoms in total. The van der Waals surface area contributed by atoms with Crippen molar-refractivity contribution in [3.63, 3.8) is 0 Å². The van der Waals surface area contributed by atoms with Crippen molar-refractivity contribution < 1.29 is 5.11 Å². The molecule has 0 radical (unpaired) electrons. The fraction of sp³-hybridized carbons (Fsp3) is 0.333. The monoisotopic (exact) mass is 301 g/mol. The first-order valence-corrected chi connectivity index (χ1v) is 7.91. The molecule has 21 heavy (non-hydrogen) atoms. The standard InChI is InChI=1S/C18H20ClNO/c19-15-10-8-14(9-11-15)18(20-12-4-1-5-13-20)16-6-2-3-7-17(16)21/h2-3,6-11,18,21H,1,4-5,12-13H2. The van der Waals surface area contributed by atoms with E-state index in [0.29, 0.717) is 5.75 Å². The molecule has 110 valence electrons. The van der Waals surface area contributed by atoms with Crippen LogP contribution in [0, 0.1) is 0 Å². The lowest BCUT2D eigenvalue weighted by atomic mass is 9.94. The van der Waals surface area contributed by atoms with Crippen LogP contribution >= 0.6 is 11.6 Å². The Balaban J connectivity index is 2.01. The molecule has 2 aromatic carbocycles. The van der Waals surface area contributed by atoms with Gasteiger partial charge < -0.3 is 5.11 Å². The minimum absolute atomic E-state index is 0.101. The fourth-order valence-electron chi connectivity index (χ4n) is 3.13. The molecule has 1 aliphatic heterocycles. The Bertz CT molecular complexity index is 590. The summed E-state index contributed by atoms with van der Waals surface area (Å²) in [6, 6.07) is 15.7. The van der Waals surface area contributed by atoms with Crippen molar-refractivity contribution in [2.24, 2.45) is 0 Å². The van der Waals surface area contributed by atoms with Gasteiger partial charge in [0.05, 0.1) is 6.04 Å². The molecule has 1 heterocycles. The first-order valence-electron chi connectivity index (χ1n) is 7.53. The van der Waals surface area contributed by atoms with Gasteiger partial charge in [0.1, 0.15) is 5.75 Å². The molecule has 0 spiro atoms. The lowest BCUT2D eigenvalue weighted by Crippen LogP contribution is -2.34. The highest BCUT2D eigenvalue weighted by molar-refractivity contribution is 6.30. The number of halogens is 1. The third kappa shape index (κ3) is 3.22. The summed E-state index contributed by atoms with van der Waals surface area (Å²) >= 11 is 6.02. The molecular formula is C18H20ClNO. The number of rotatable bonds is 3. The van der Waals surface area contributed by atoms with Gasteiger partial charge in [-0.15, -0.1) is 0 Å². The molecule has 0 aromatic heterocycles. The van der Waals surface area contributed by atoms with E-state index in [1.165, 1.54) is 24.8 Å². The minimum Gasteiger partial charge on any atom is -0.508 e. The fourth-order valence-corrected chi connectivity index (χ4v) is 3.25. The number of hydrogen-bond donors (Lipinski definition) is 1. The number of nitrogens with zero attached hydrogens (tertiary/aromatic N) is 1. The van der Waals surface area contributed by atoms with E-state index in [1.807, 2.05) is 30.3 Å². The highest BCUT2D eigenvalue weighted by atomic mass is 35.5. The second-order valence-corrected chi connectivity index (χ2v) is 6.05. The van der Waals surface area contributed by atoms with Gasteiger partial charge in [0.2, 0.25) is 0 Å². The molecule has 1 N–H and O–H groups in total. The lowest BCUT2D eigenvalue weighted by molar-refractivity contribution is 0.185. The molecule has 1 unspecified atom stereocenters. The molecule has 1 fully saturated rings. The van der Waals surface area contributed by atoms with Crippen molar-refractivity contribution in [3.05, 3.63) is 64.7 Å². The summed E-state index contributed by atoms with van der Waals surface area (Å²) in [5.74, 6) is 0.364. The second kappa shape index (κ2) is 6.50. The van der Waals surface area contributed by atoms with Gasteiger partial charge in [-0.1, -0.05) is 48.4 Å². The topological polar surface area (TPSA) is 23.5 Å². The average molecular weight is 302 g/mol. The lowest BCUT2D eigenvalue weighted by Gasteiger charge is -2.35. The Kier molecular flexibility index (Phi) is 4.47. The number of phenolic OH excluding ortho intramolecular Hbond substituents is 1. The number of benzene rings is 2. The Morgan fingerprint density at radius 2 is 1.57 bits per heavy atom. The van der Waals surface area contributed by atoms with E-state index < -0.39 is 0 Å². The molecule has 0 saturated carbocycles. The molecule has 1 saturated heterocycles. The SMILES string of the molecule is Oc1ccccc1C(c1ccc(Cl)cc1)N1CCCCC1. The average Bonchev–Trinajstić information content (AvgIpc) is 2.52. The number of aromatic hydroxyl groups is 1. The minimum atomic E-state index is 0.101. The van der Waals surface area contributed by atoms with Crippen LogP contribution in [0.4, 0.5) is 0 Å². The normalized spacial score (nSPS) is 17.6. The molecule has 0 aliphatic carbocycles. The van der Waals surface area contributed by atoms with E-state index in [-0.39, 0.29) is 6.04 Å². The Labute approximate surface area is 131 Å². The van der Waals surface area contributed by atoms with Crippen LogP contribution in [0.15, 0.2) is 48.5 Å². The number of likely N-dealkylation sites (tertiary alicyclic amines) is 1. The van der Waals surface area contributed by atoms with Crippen LogP contribution in [0.1, 0.15) is 36.4 Å². The number of piperidine rings is 1. The number of hydrogen-bond acceptors (Lipinski definition) is 2. The summed E-state index contributed by atoms with van der Waals surface area (Å²) in [7, 11) is 0. The highest BCUT2D eigenvalue weighted by Gasteiger charge is 2.25. The van der Waals surface area contributed by atoms with Crippen LogP contribution in [0.25, 0.3) is 0 Å². The van der Waals surface area contributed by atoms with Crippen molar-refractivity contribution in [1.29, 1.82) is 0 Å². The summed E-state index contributed by atoms with van der Waals surface area (Å²) in [5, 5.41) is 11.0. The summed E-state index contributed by atoms with van der Waals surface area (Å²) in [4.78, 5) is 2.46. The highest BCUT2D eigenvalue weighted by Crippen LogP contribution is 2.35. The predicted molar refractivity (Wildman–Crippen MR) is 86.8 cm³/mol. The first-order chi connectivity index (χ1) is 10.3. The Morgan fingerprint density at radius 3 is 2.24 bits per heavy atom. The molecule has 1 atom stereocenters. The molecule has 1 aliphatic rings. The van der Waals surface area contributed by atoms with Crippen LogP contribution in [-0.4, -0.2) is 23.1 Å². The Hall–Kier alpha value is -1.51. The van der Waals surface area contributed by atoms with Gasteiger partial charge in [-0.3, -0.25) is 4.90 Å². The third-order valence-corrected chi connectivity index (χ3v) is 4.42. The molecule has 3 heteroatoms. The summed E-state index contributed by atoms with van der Waals surface area (Å²) in [5.41, 5.74) is 2.16. The molecule has 0 bridgehead atoms. The third-order valence-electron chi connectivity index (χ3n) is 4.17. The van der Waals surface area contributed by atoms with Crippen LogP contribution < -0.4 is 0 Å². The van der Waals surface area contributed by atoms with Crippen LogP contribution in [0.5, 0.6) is 5.75 Å². The first kappa shape index (κ1) is 14.4. The zero-order chi connectivity index (χ0) is 14.7. The van der Waals surface area contributed by atoms with Crippen molar-refractivity contribution in [3.8, 4) is 5.75 Å². The van der Waals surface area contributed by atoms with E-state index in [1.54, 1.807) is 6.07 Å². The van der Waals surface area contributed by atoms with E-state index in [0.717, 1.165) is 23.7 Å². The van der Waals surface area contributed by atoms with E-state index >= 15 is 0 Å². The number of phenols is 1. The zero-order valence-corrected chi connectivity index (χ0v) is 12.8. The van der Waals surface area contributed by atoms with Gasteiger partial charge in [0.15, 0.2) is 0 Å². The van der Waals surface area contributed by atoms with Gasteiger partial charge in [-0.25, -0.2) is 0 Å². The van der Waals surface area contributed by atoms with Gasteiger partial charge in [-0.2, -0.15) is 0 Å². The van der Waals surface area contributed by atoms with Crippen molar-refractivity contribution in [1.82, 2.24) is 4.90 Å². The van der Waals surface area contributed by atoms with Crippen LogP contribution in [-0.2, 0) is 0 Å². The van der Waals surface area contributed by atoms with Crippen LogP contribution in [0.3, 0.4) is 0 Å². The Morgan fingerprint density at radius 1 is 0.905 bits per heavy atom. The summed E-state index contributed by atoms with van der Waals surface area (Å²) in [6.07, 6.45) is 3.74. The second-order valence-electron chi connectivity index (χ2n) is 5.61. The largest absolute Gasteiger partial charge is 0.508 e. The molecule has 2 aromatic rings. The van der Waals surface area contributed by atoms with Gasteiger partial charge in [0, 0.05) is 10.6 Å². The van der Waals surface area contributed by atoms with Gasteiger partial charge >= 0.3 is 0 Å².